The van der Waals surface area contributed by atoms with Crippen LogP contribution < -0.4 is 0 Å². The standard InChI is InChI=1S/C18H26N2O2S/c21-17-4-2-8-20(17)12-16-3-1-6-18(22-16)7-9-19(14-18)11-15-5-10-23-13-15/h5,10,13,16H,1-4,6-9,11-12,14H2/t16-,18+/m0/s1. The van der Waals surface area contributed by atoms with Crippen LogP contribution in [0.2, 0.25) is 0 Å². The molecular formula is C18H26N2O2S. The summed E-state index contributed by atoms with van der Waals surface area (Å²) in [6.07, 6.45) is 6.65. The van der Waals surface area contributed by atoms with Crippen LogP contribution in [0.1, 0.15) is 44.1 Å². The summed E-state index contributed by atoms with van der Waals surface area (Å²) >= 11 is 1.77. The zero-order valence-electron chi connectivity index (χ0n) is 13.7. The number of rotatable bonds is 4. The second kappa shape index (κ2) is 6.54. The van der Waals surface area contributed by atoms with E-state index in [2.05, 4.69) is 21.7 Å². The average molecular weight is 334 g/mol. The highest BCUT2D eigenvalue weighted by atomic mass is 32.1. The van der Waals surface area contributed by atoms with E-state index in [1.165, 1.54) is 18.4 Å². The normalized spacial score (nSPS) is 32.3. The van der Waals surface area contributed by atoms with Crippen molar-refractivity contribution in [3.05, 3.63) is 22.4 Å². The molecule has 3 aliphatic rings. The van der Waals surface area contributed by atoms with Gasteiger partial charge in [0.2, 0.25) is 5.91 Å². The lowest BCUT2D eigenvalue weighted by Crippen LogP contribution is -2.47. The number of likely N-dealkylation sites (tertiary alicyclic amines) is 2. The van der Waals surface area contributed by atoms with Crippen LogP contribution in [0.4, 0.5) is 0 Å². The van der Waals surface area contributed by atoms with Crippen LogP contribution in [0.25, 0.3) is 0 Å². The van der Waals surface area contributed by atoms with Crippen molar-refractivity contribution in [3.63, 3.8) is 0 Å². The zero-order valence-corrected chi connectivity index (χ0v) is 14.5. The Balaban J connectivity index is 1.34. The monoisotopic (exact) mass is 334 g/mol. The molecule has 3 aliphatic heterocycles. The number of hydrogen-bond donors (Lipinski definition) is 0. The van der Waals surface area contributed by atoms with Crippen LogP contribution in [0.15, 0.2) is 16.8 Å². The van der Waals surface area contributed by atoms with Crippen molar-refractivity contribution >= 4 is 17.2 Å². The maximum absolute atomic E-state index is 11.9. The van der Waals surface area contributed by atoms with Crippen LogP contribution in [0.5, 0.6) is 0 Å². The molecule has 0 radical (unpaired) electrons. The molecule has 1 amide bonds. The number of amides is 1. The molecule has 3 fully saturated rings. The molecule has 0 unspecified atom stereocenters. The van der Waals surface area contributed by atoms with Gasteiger partial charge in [0, 0.05) is 39.1 Å². The number of carbonyl (C=O) groups excluding carboxylic acids is 1. The quantitative estimate of drug-likeness (QED) is 0.849. The summed E-state index contributed by atoms with van der Waals surface area (Å²) in [4.78, 5) is 16.4. The van der Waals surface area contributed by atoms with Crippen molar-refractivity contribution in [1.29, 1.82) is 0 Å². The molecule has 0 N–H and O–H groups in total. The van der Waals surface area contributed by atoms with E-state index in [0.717, 1.165) is 58.4 Å². The first kappa shape index (κ1) is 15.6. The largest absolute Gasteiger partial charge is 0.369 e. The van der Waals surface area contributed by atoms with Gasteiger partial charge in [0.15, 0.2) is 0 Å². The first-order valence-electron chi connectivity index (χ1n) is 8.92. The summed E-state index contributed by atoms with van der Waals surface area (Å²) in [5.41, 5.74) is 1.46. The van der Waals surface area contributed by atoms with Gasteiger partial charge >= 0.3 is 0 Å². The number of carbonyl (C=O) groups is 1. The fraction of sp³-hybridized carbons (Fsp3) is 0.722. The van der Waals surface area contributed by atoms with Crippen molar-refractivity contribution in [3.8, 4) is 0 Å². The third-order valence-electron chi connectivity index (χ3n) is 5.55. The van der Waals surface area contributed by atoms with Crippen LogP contribution in [0, 0.1) is 0 Å². The van der Waals surface area contributed by atoms with Gasteiger partial charge in [-0.05, 0) is 54.5 Å². The average Bonchev–Trinajstić information content (AvgIpc) is 3.25. The van der Waals surface area contributed by atoms with Gasteiger partial charge in [-0.25, -0.2) is 0 Å². The van der Waals surface area contributed by atoms with E-state index in [4.69, 9.17) is 4.74 Å². The molecule has 1 spiro atoms. The van der Waals surface area contributed by atoms with E-state index >= 15 is 0 Å². The Bertz CT molecular complexity index is 547. The molecule has 0 saturated carbocycles. The Morgan fingerprint density at radius 2 is 2.26 bits per heavy atom. The molecule has 0 aromatic carbocycles. The fourth-order valence-corrected chi connectivity index (χ4v) is 5.06. The molecule has 23 heavy (non-hydrogen) atoms. The molecule has 3 saturated heterocycles. The summed E-state index contributed by atoms with van der Waals surface area (Å²) in [5.74, 6) is 0.318. The number of hydrogen-bond acceptors (Lipinski definition) is 4. The maximum atomic E-state index is 11.9. The van der Waals surface area contributed by atoms with E-state index in [-0.39, 0.29) is 11.7 Å². The second-order valence-electron chi connectivity index (χ2n) is 7.35. The minimum Gasteiger partial charge on any atom is -0.369 e. The van der Waals surface area contributed by atoms with Gasteiger partial charge in [-0.1, -0.05) is 0 Å². The third-order valence-corrected chi connectivity index (χ3v) is 6.28. The van der Waals surface area contributed by atoms with E-state index in [9.17, 15) is 4.79 Å². The molecule has 1 aromatic heterocycles. The second-order valence-corrected chi connectivity index (χ2v) is 8.13. The van der Waals surface area contributed by atoms with Gasteiger partial charge in [0.05, 0.1) is 11.7 Å². The summed E-state index contributed by atoms with van der Waals surface area (Å²) < 4.78 is 6.56. The number of ether oxygens (including phenoxy) is 1. The van der Waals surface area contributed by atoms with Crippen molar-refractivity contribution in [1.82, 2.24) is 9.80 Å². The molecule has 5 heteroatoms. The highest BCUT2D eigenvalue weighted by molar-refractivity contribution is 7.07. The molecule has 4 heterocycles. The van der Waals surface area contributed by atoms with Crippen LogP contribution >= 0.6 is 11.3 Å². The smallest absolute Gasteiger partial charge is 0.222 e. The number of nitrogens with zero attached hydrogens (tertiary/aromatic N) is 2. The Morgan fingerprint density at radius 3 is 3.04 bits per heavy atom. The third kappa shape index (κ3) is 3.47. The Labute approximate surface area is 142 Å². The van der Waals surface area contributed by atoms with Gasteiger partial charge in [-0.2, -0.15) is 11.3 Å². The fourth-order valence-electron chi connectivity index (χ4n) is 4.40. The van der Waals surface area contributed by atoms with Gasteiger partial charge in [-0.3, -0.25) is 9.69 Å². The van der Waals surface area contributed by atoms with Crippen molar-refractivity contribution < 1.29 is 9.53 Å². The lowest BCUT2D eigenvalue weighted by molar-refractivity contribution is -0.142. The summed E-state index contributed by atoms with van der Waals surface area (Å²) in [6.45, 7) is 4.96. The maximum Gasteiger partial charge on any atom is 0.222 e. The Hall–Kier alpha value is -0.910. The molecular weight excluding hydrogens is 308 g/mol. The molecule has 0 bridgehead atoms. The van der Waals surface area contributed by atoms with E-state index in [1.54, 1.807) is 11.3 Å². The predicted octanol–water partition coefficient (Wildman–Crippen LogP) is 2.88. The Kier molecular flexibility index (Phi) is 4.43. The minimum absolute atomic E-state index is 0.0434. The molecule has 2 atom stereocenters. The van der Waals surface area contributed by atoms with Crippen LogP contribution in [0.3, 0.4) is 0 Å². The lowest BCUT2D eigenvalue weighted by Gasteiger charge is -2.40. The van der Waals surface area contributed by atoms with Gasteiger partial charge in [0.1, 0.15) is 0 Å². The SMILES string of the molecule is O=C1CCCN1C[C@@H]1CCC[C@]2(CCN(Cc3ccsc3)C2)O1. The van der Waals surface area contributed by atoms with Gasteiger partial charge in [0.25, 0.3) is 0 Å². The van der Waals surface area contributed by atoms with E-state index in [1.807, 2.05) is 4.90 Å². The highest BCUT2D eigenvalue weighted by Crippen LogP contribution is 2.37. The molecule has 4 nitrogen and oxygen atoms in total. The summed E-state index contributed by atoms with van der Waals surface area (Å²) in [7, 11) is 0. The predicted molar refractivity (Wildman–Crippen MR) is 91.5 cm³/mol. The molecule has 4 rings (SSSR count). The van der Waals surface area contributed by atoms with Gasteiger partial charge in [-0.15, -0.1) is 0 Å². The minimum atomic E-state index is 0.0434. The molecule has 0 aliphatic carbocycles. The van der Waals surface area contributed by atoms with Crippen molar-refractivity contribution in [2.75, 3.05) is 26.2 Å². The zero-order chi connectivity index (χ0) is 15.7. The highest BCUT2D eigenvalue weighted by Gasteiger charge is 2.43. The molecule has 1 aromatic rings. The first-order chi connectivity index (χ1) is 11.2. The van der Waals surface area contributed by atoms with Gasteiger partial charge < -0.3 is 9.64 Å². The summed E-state index contributed by atoms with van der Waals surface area (Å²) in [5, 5.41) is 4.40. The van der Waals surface area contributed by atoms with E-state index < -0.39 is 0 Å². The Morgan fingerprint density at radius 1 is 1.30 bits per heavy atom. The molecule has 126 valence electrons. The first-order valence-corrected chi connectivity index (χ1v) is 9.86. The van der Waals surface area contributed by atoms with Crippen LogP contribution in [-0.4, -0.2) is 53.6 Å². The summed E-state index contributed by atoms with van der Waals surface area (Å²) in [6, 6.07) is 2.22. The van der Waals surface area contributed by atoms with Crippen LogP contribution in [-0.2, 0) is 16.1 Å². The topological polar surface area (TPSA) is 32.8 Å². The lowest BCUT2D eigenvalue weighted by atomic mass is 9.90. The van der Waals surface area contributed by atoms with Crippen molar-refractivity contribution in [2.45, 2.75) is 56.8 Å². The van der Waals surface area contributed by atoms with Crippen molar-refractivity contribution in [2.24, 2.45) is 0 Å². The van der Waals surface area contributed by atoms with E-state index in [0.29, 0.717) is 5.91 Å². The number of thiophene rings is 1.